The van der Waals surface area contributed by atoms with E-state index in [9.17, 15) is 24.6 Å². The van der Waals surface area contributed by atoms with Crippen molar-refractivity contribution < 1.29 is 34.1 Å². The van der Waals surface area contributed by atoms with Crippen LogP contribution in [0.3, 0.4) is 0 Å². The summed E-state index contributed by atoms with van der Waals surface area (Å²) in [6.07, 6.45) is 2.96. The van der Waals surface area contributed by atoms with Gasteiger partial charge in [-0.15, -0.1) is 0 Å². The zero-order valence-corrected chi connectivity index (χ0v) is 21.0. The average Bonchev–Trinajstić information content (AvgIpc) is 3.26. The Morgan fingerprint density at radius 1 is 1.26 bits per heavy atom. The van der Waals surface area contributed by atoms with Crippen LogP contribution in [-0.4, -0.2) is 52.4 Å². The van der Waals surface area contributed by atoms with Crippen LogP contribution in [0.2, 0.25) is 0 Å². The molecule has 2 bridgehead atoms. The fraction of sp³-hybridized carbons (Fsp3) is 0.667. The van der Waals surface area contributed by atoms with Gasteiger partial charge in [0.2, 0.25) is 0 Å². The lowest BCUT2D eigenvalue weighted by Gasteiger charge is -2.48. The van der Waals surface area contributed by atoms with Gasteiger partial charge in [0.1, 0.15) is 12.7 Å². The molecule has 0 amide bonds. The summed E-state index contributed by atoms with van der Waals surface area (Å²) < 4.78 is 11.0. The SMILES string of the molecule is CC=C(C)C(=O)OC1C(C)=CC23C(=O)C(C=C(COC(C)=O)C(O)C12O)C1C(CC3C)C1(C)C. The van der Waals surface area contributed by atoms with E-state index in [-0.39, 0.29) is 41.1 Å². The zero-order chi connectivity index (χ0) is 25.4. The van der Waals surface area contributed by atoms with Crippen molar-refractivity contribution in [1.82, 2.24) is 0 Å². The Morgan fingerprint density at radius 3 is 2.50 bits per heavy atom. The van der Waals surface area contributed by atoms with E-state index in [1.165, 1.54) is 6.92 Å². The molecule has 2 N–H and O–H groups in total. The minimum atomic E-state index is -2.13. The van der Waals surface area contributed by atoms with E-state index in [2.05, 4.69) is 13.8 Å². The standard InChI is InChI=1S/C27H36O7/c1-8-13(2)24(31)34-23-14(3)11-26-15(4)9-19-20(25(19,6)7)18(22(26)30)10-17(12-33-16(5)28)21(29)27(23,26)32/h8,10-11,15,18-21,23,29,32H,9,12H2,1-7H3. The number of ether oxygens (including phenoxy) is 2. The maximum absolute atomic E-state index is 14.4. The highest BCUT2D eigenvalue weighted by molar-refractivity contribution is 5.96. The molecule has 0 saturated heterocycles. The number of carbonyl (C=O) groups excluding carboxylic acids is 3. The third kappa shape index (κ3) is 3.12. The fourth-order valence-corrected chi connectivity index (χ4v) is 7.08. The average molecular weight is 473 g/mol. The lowest BCUT2D eigenvalue weighted by Crippen LogP contribution is -2.65. The molecule has 4 aliphatic rings. The van der Waals surface area contributed by atoms with Gasteiger partial charge in [-0.05, 0) is 61.5 Å². The van der Waals surface area contributed by atoms with Crippen molar-refractivity contribution in [1.29, 1.82) is 0 Å². The maximum Gasteiger partial charge on any atom is 0.334 e. The van der Waals surface area contributed by atoms with Gasteiger partial charge < -0.3 is 19.7 Å². The quantitative estimate of drug-likeness (QED) is 0.368. The summed E-state index contributed by atoms with van der Waals surface area (Å²) in [5.74, 6) is -1.83. The van der Waals surface area contributed by atoms with Crippen molar-refractivity contribution in [3.63, 3.8) is 0 Å². The van der Waals surface area contributed by atoms with Crippen LogP contribution in [0.15, 0.2) is 34.9 Å². The second-order valence-electron chi connectivity index (χ2n) is 11.2. The number of aliphatic hydroxyl groups excluding tert-OH is 1. The zero-order valence-electron chi connectivity index (χ0n) is 21.0. The summed E-state index contributed by atoms with van der Waals surface area (Å²) >= 11 is 0. The first-order chi connectivity index (χ1) is 15.7. The van der Waals surface area contributed by atoms with Crippen molar-refractivity contribution >= 4 is 17.7 Å². The first kappa shape index (κ1) is 24.9. The molecule has 1 spiro atoms. The van der Waals surface area contributed by atoms with Gasteiger partial charge in [0.25, 0.3) is 0 Å². The van der Waals surface area contributed by atoms with E-state index in [1.54, 1.807) is 39.0 Å². The number of Topliss-reactive ketones (excluding diaryl/α,β-unsaturated/α-hetero) is 1. The van der Waals surface area contributed by atoms with Crippen LogP contribution in [0.25, 0.3) is 0 Å². The molecular weight excluding hydrogens is 436 g/mol. The van der Waals surface area contributed by atoms with Gasteiger partial charge in [-0.3, -0.25) is 9.59 Å². The normalized spacial score (nSPS) is 42.4. The first-order valence-electron chi connectivity index (χ1n) is 12.1. The van der Waals surface area contributed by atoms with Gasteiger partial charge in [-0.1, -0.05) is 39.0 Å². The monoisotopic (exact) mass is 472 g/mol. The Morgan fingerprint density at radius 2 is 1.91 bits per heavy atom. The third-order valence-electron chi connectivity index (χ3n) is 9.14. The van der Waals surface area contributed by atoms with Crippen molar-refractivity contribution in [2.45, 2.75) is 72.7 Å². The molecule has 0 aromatic carbocycles. The lowest BCUT2D eigenvalue weighted by molar-refractivity contribution is -0.201. The summed E-state index contributed by atoms with van der Waals surface area (Å²) in [5.41, 5.74) is -2.47. The molecule has 0 aliphatic heterocycles. The highest BCUT2D eigenvalue weighted by Gasteiger charge is 2.76. The highest BCUT2D eigenvalue weighted by atomic mass is 16.6. The van der Waals surface area contributed by atoms with Crippen LogP contribution in [-0.2, 0) is 23.9 Å². The number of hydrogen-bond acceptors (Lipinski definition) is 7. The molecule has 0 aromatic heterocycles. The van der Waals surface area contributed by atoms with E-state index in [4.69, 9.17) is 9.47 Å². The van der Waals surface area contributed by atoms with Gasteiger partial charge in [0.05, 0.1) is 5.41 Å². The van der Waals surface area contributed by atoms with Gasteiger partial charge in [-0.2, -0.15) is 0 Å². The summed E-state index contributed by atoms with van der Waals surface area (Å²) in [7, 11) is 0. The lowest BCUT2D eigenvalue weighted by atomic mass is 9.59. The molecule has 0 heterocycles. The molecule has 0 aromatic rings. The summed E-state index contributed by atoms with van der Waals surface area (Å²) in [6.45, 7) is 12.3. The van der Waals surface area contributed by atoms with Gasteiger partial charge in [0.15, 0.2) is 17.5 Å². The molecule has 0 radical (unpaired) electrons. The van der Waals surface area contributed by atoms with Crippen LogP contribution in [0.5, 0.6) is 0 Å². The van der Waals surface area contributed by atoms with Crippen LogP contribution in [0, 0.1) is 34.5 Å². The van der Waals surface area contributed by atoms with Crippen molar-refractivity contribution in [3.05, 3.63) is 34.9 Å². The number of carbonyl (C=O) groups is 3. The predicted octanol–water partition coefficient (Wildman–Crippen LogP) is 2.90. The van der Waals surface area contributed by atoms with Crippen molar-refractivity contribution in [2.24, 2.45) is 34.5 Å². The number of allylic oxidation sites excluding steroid dienone is 2. The number of esters is 2. The minimum Gasteiger partial charge on any atom is -0.461 e. The molecular formula is C27H36O7. The smallest absolute Gasteiger partial charge is 0.334 e. The Balaban J connectivity index is 1.90. The molecule has 8 atom stereocenters. The maximum atomic E-state index is 14.4. The Hall–Kier alpha value is -2.25. The molecule has 2 fully saturated rings. The number of aliphatic hydroxyl groups is 2. The molecule has 2 saturated carbocycles. The topological polar surface area (TPSA) is 110 Å². The minimum absolute atomic E-state index is 0.0566. The Kier molecular flexibility index (Phi) is 5.77. The van der Waals surface area contributed by atoms with E-state index in [1.807, 2.05) is 6.92 Å². The second kappa shape index (κ2) is 7.89. The van der Waals surface area contributed by atoms with Gasteiger partial charge >= 0.3 is 11.9 Å². The number of rotatable bonds is 4. The molecule has 4 aliphatic carbocycles. The number of fused-ring (bicyclic) bond motifs is 3. The van der Waals surface area contributed by atoms with E-state index >= 15 is 0 Å². The molecule has 7 nitrogen and oxygen atoms in total. The Labute approximate surface area is 200 Å². The van der Waals surface area contributed by atoms with Crippen molar-refractivity contribution in [3.8, 4) is 0 Å². The number of ketones is 1. The van der Waals surface area contributed by atoms with E-state index in [0.717, 1.165) is 0 Å². The van der Waals surface area contributed by atoms with Gasteiger partial charge in [0, 0.05) is 18.4 Å². The van der Waals surface area contributed by atoms with E-state index < -0.39 is 41.1 Å². The highest BCUT2D eigenvalue weighted by Crippen LogP contribution is 2.71. The molecule has 186 valence electrons. The van der Waals surface area contributed by atoms with Crippen LogP contribution >= 0.6 is 0 Å². The molecule has 34 heavy (non-hydrogen) atoms. The van der Waals surface area contributed by atoms with E-state index in [0.29, 0.717) is 17.6 Å². The predicted molar refractivity (Wildman–Crippen MR) is 124 cm³/mol. The third-order valence-corrected chi connectivity index (χ3v) is 9.14. The summed E-state index contributed by atoms with van der Waals surface area (Å²) in [4.78, 5) is 38.7. The van der Waals surface area contributed by atoms with Crippen LogP contribution in [0.1, 0.15) is 54.9 Å². The largest absolute Gasteiger partial charge is 0.461 e. The van der Waals surface area contributed by atoms with Gasteiger partial charge in [-0.25, -0.2) is 4.79 Å². The number of hydrogen-bond donors (Lipinski definition) is 2. The van der Waals surface area contributed by atoms with Crippen molar-refractivity contribution in [2.75, 3.05) is 6.61 Å². The summed E-state index contributed by atoms with van der Waals surface area (Å²) in [6, 6.07) is 0. The molecule has 8 unspecified atom stereocenters. The fourth-order valence-electron chi connectivity index (χ4n) is 7.08. The van der Waals surface area contributed by atoms with Crippen LogP contribution in [0.4, 0.5) is 0 Å². The van der Waals surface area contributed by atoms with Crippen LogP contribution < -0.4 is 0 Å². The molecule has 4 rings (SSSR count). The summed E-state index contributed by atoms with van der Waals surface area (Å²) in [5, 5.41) is 24.1. The Bertz CT molecular complexity index is 1030. The molecule has 7 heteroatoms. The first-order valence-corrected chi connectivity index (χ1v) is 12.1. The second-order valence-corrected chi connectivity index (χ2v) is 11.2.